The third-order valence-electron chi connectivity index (χ3n) is 3.33. The highest BCUT2D eigenvalue weighted by atomic mass is 16.5. The average molecular weight is 332 g/mol. The molecule has 134 valence electrons. The fourth-order valence-corrected chi connectivity index (χ4v) is 2.26. The van der Waals surface area contributed by atoms with Crippen molar-refractivity contribution in [3.8, 4) is 0 Å². The molecule has 8 heteroatoms. The van der Waals surface area contributed by atoms with Crippen LogP contribution >= 0.6 is 0 Å². The molecule has 0 aromatic heterocycles. The van der Waals surface area contributed by atoms with Crippen LogP contribution in [0.2, 0.25) is 0 Å². The maximum atomic E-state index is 11.5. The van der Waals surface area contributed by atoms with Gasteiger partial charge >= 0.3 is 11.9 Å². The Bertz CT molecular complexity index is 356. The number of nitrogens with zero attached hydrogens (tertiary/aromatic N) is 1. The van der Waals surface area contributed by atoms with Crippen LogP contribution in [0, 0.1) is 0 Å². The SMILES string of the molecule is CC(=O)O.CCOC(=O)C[C@H]1CNC[C@@H](CC(=O)OCC)N1C. The molecule has 0 saturated carbocycles. The van der Waals surface area contributed by atoms with Crippen molar-refractivity contribution in [1.29, 1.82) is 0 Å². The summed E-state index contributed by atoms with van der Waals surface area (Å²) >= 11 is 0. The fraction of sp³-hybridized carbons (Fsp3) is 0.800. The van der Waals surface area contributed by atoms with Crippen LogP contribution in [-0.4, -0.2) is 73.3 Å². The number of carbonyl (C=O) groups excluding carboxylic acids is 2. The van der Waals surface area contributed by atoms with Gasteiger partial charge in [0, 0.05) is 32.1 Å². The first-order valence-corrected chi connectivity index (χ1v) is 7.75. The van der Waals surface area contributed by atoms with Crippen LogP contribution in [0.1, 0.15) is 33.6 Å². The molecule has 0 bridgehead atoms. The van der Waals surface area contributed by atoms with Gasteiger partial charge in [0.25, 0.3) is 5.97 Å². The number of nitrogens with one attached hydrogen (secondary N) is 1. The van der Waals surface area contributed by atoms with Crippen molar-refractivity contribution in [3.05, 3.63) is 0 Å². The van der Waals surface area contributed by atoms with E-state index in [4.69, 9.17) is 19.4 Å². The minimum atomic E-state index is -0.833. The average Bonchev–Trinajstić information content (AvgIpc) is 2.43. The van der Waals surface area contributed by atoms with Crippen molar-refractivity contribution >= 4 is 17.9 Å². The van der Waals surface area contributed by atoms with Crippen LogP contribution in [0.5, 0.6) is 0 Å². The smallest absolute Gasteiger partial charge is 0.307 e. The number of aliphatic carboxylic acids is 1. The van der Waals surface area contributed by atoms with Gasteiger partial charge in [-0.3, -0.25) is 19.3 Å². The van der Waals surface area contributed by atoms with Crippen LogP contribution < -0.4 is 5.32 Å². The topological polar surface area (TPSA) is 105 Å². The second kappa shape index (κ2) is 11.8. The molecule has 1 aliphatic rings. The van der Waals surface area contributed by atoms with E-state index < -0.39 is 5.97 Å². The summed E-state index contributed by atoms with van der Waals surface area (Å²) in [5, 5.41) is 10.7. The predicted octanol–water partition coefficient (Wildman–Crippen LogP) is 0.256. The summed E-state index contributed by atoms with van der Waals surface area (Å²) in [6.45, 7) is 6.93. The van der Waals surface area contributed by atoms with Crippen molar-refractivity contribution in [2.45, 2.75) is 45.7 Å². The van der Waals surface area contributed by atoms with Gasteiger partial charge in [-0.05, 0) is 20.9 Å². The maximum absolute atomic E-state index is 11.5. The molecule has 1 rings (SSSR count). The first kappa shape index (κ1) is 21.3. The van der Waals surface area contributed by atoms with Gasteiger partial charge in [-0.15, -0.1) is 0 Å². The Kier molecular flexibility index (Phi) is 11.0. The second-order valence-corrected chi connectivity index (χ2v) is 5.17. The van der Waals surface area contributed by atoms with E-state index in [0.29, 0.717) is 26.1 Å². The zero-order chi connectivity index (χ0) is 17.8. The molecule has 0 aliphatic carbocycles. The minimum Gasteiger partial charge on any atom is -0.481 e. The second-order valence-electron chi connectivity index (χ2n) is 5.17. The van der Waals surface area contributed by atoms with Crippen LogP contribution in [0.4, 0.5) is 0 Å². The van der Waals surface area contributed by atoms with Crippen LogP contribution in [0.25, 0.3) is 0 Å². The third kappa shape index (κ3) is 9.85. The third-order valence-corrected chi connectivity index (χ3v) is 3.33. The molecule has 0 radical (unpaired) electrons. The van der Waals surface area contributed by atoms with E-state index >= 15 is 0 Å². The standard InChI is InChI=1S/C13H24N2O4.C2H4O2/c1-4-18-12(16)6-10-8-14-9-11(15(10)3)7-13(17)19-5-2;1-2(3)4/h10-11,14H,4-9H2,1-3H3;1H3,(H,3,4)/t10-,11+;. The highest BCUT2D eigenvalue weighted by molar-refractivity contribution is 5.71. The monoisotopic (exact) mass is 332 g/mol. The molecule has 8 nitrogen and oxygen atoms in total. The number of carboxylic acid groups (broad SMARTS) is 1. The molecule has 1 aliphatic heterocycles. The minimum absolute atomic E-state index is 0.0622. The lowest BCUT2D eigenvalue weighted by atomic mass is 10.0. The van der Waals surface area contributed by atoms with Crippen molar-refractivity contribution in [2.24, 2.45) is 0 Å². The summed E-state index contributed by atoms with van der Waals surface area (Å²) in [5.74, 6) is -1.23. The summed E-state index contributed by atoms with van der Waals surface area (Å²) in [6, 6.07) is 0.124. The van der Waals surface area contributed by atoms with Gasteiger partial charge in [0.05, 0.1) is 26.1 Å². The largest absolute Gasteiger partial charge is 0.481 e. The molecular formula is C15H28N2O6. The lowest BCUT2D eigenvalue weighted by Crippen LogP contribution is -2.56. The zero-order valence-corrected chi connectivity index (χ0v) is 14.3. The highest BCUT2D eigenvalue weighted by Crippen LogP contribution is 2.14. The number of carbonyl (C=O) groups is 3. The normalized spacial score (nSPS) is 20.9. The van der Waals surface area contributed by atoms with Gasteiger partial charge in [-0.1, -0.05) is 0 Å². The van der Waals surface area contributed by atoms with E-state index in [-0.39, 0.29) is 24.0 Å². The summed E-state index contributed by atoms with van der Waals surface area (Å²) in [6.07, 6.45) is 0.688. The molecule has 1 heterocycles. The molecule has 0 aromatic rings. The summed E-state index contributed by atoms with van der Waals surface area (Å²) in [4.78, 5) is 34.1. The van der Waals surface area contributed by atoms with E-state index in [2.05, 4.69) is 10.2 Å². The molecular weight excluding hydrogens is 304 g/mol. The van der Waals surface area contributed by atoms with Crippen molar-refractivity contribution in [1.82, 2.24) is 10.2 Å². The number of esters is 2. The molecule has 1 saturated heterocycles. The van der Waals surface area contributed by atoms with Crippen LogP contribution in [-0.2, 0) is 23.9 Å². The summed E-state index contributed by atoms with van der Waals surface area (Å²) in [5.41, 5.74) is 0. The number of ether oxygens (including phenoxy) is 2. The lowest BCUT2D eigenvalue weighted by molar-refractivity contribution is -0.146. The summed E-state index contributed by atoms with van der Waals surface area (Å²) in [7, 11) is 1.94. The molecule has 0 spiro atoms. The molecule has 0 amide bonds. The Balaban J connectivity index is 0.00000108. The molecule has 2 N–H and O–H groups in total. The van der Waals surface area contributed by atoms with Crippen LogP contribution in [0.3, 0.4) is 0 Å². The first-order valence-electron chi connectivity index (χ1n) is 7.75. The van der Waals surface area contributed by atoms with Gasteiger partial charge in [0.1, 0.15) is 0 Å². The van der Waals surface area contributed by atoms with E-state index in [1.807, 2.05) is 7.05 Å². The molecule has 0 unspecified atom stereocenters. The number of carboxylic acids is 1. The molecule has 0 aromatic carbocycles. The lowest BCUT2D eigenvalue weighted by Gasteiger charge is -2.39. The van der Waals surface area contributed by atoms with Gasteiger partial charge in [0.2, 0.25) is 0 Å². The van der Waals surface area contributed by atoms with Crippen molar-refractivity contribution in [2.75, 3.05) is 33.4 Å². The quantitative estimate of drug-likeness (QED) is 0.667. The number of rotatable bonds is 6. The molecule has 1 fully saturated rings. The Labute approximate surface area is 137 Å². The van der Waals surface area contributed by atoms with Crippen LogP contribution in [0.15, 0.2) is 0 Å². The molecule has 2 atom stereocenters. The van der Waals surface area contributed by atoms with Crippen molar-refractivity contribution in [3.63, 3.8) is 0 Å². The van der Waals surface area contributed by atoms with E-state index in [1.165, 1.54) is 0 Å². The Morgan fingerprint density at radius 1 is 1.04 bits per heavy atom. The van der Waals surface area contributed by atoms with E-state index in [9.17, 15) is 9.59 Å². The fourth-order valence-electron chi connectivity index (χ4n) is 2.26. The van der Waals surface area contributed by atoms with E-state index in [0.717, 1.165) is 20.0 Å². The van der Waals surface area contributed by atoms with Gasteiger partial charge in [-0.2, -0.15) is 0 Å². The number of piperazine rings is 1. The number of hydrogen-bond donors (Lipinski definition) is 2. The van der Waals surface area contributed by atoms with Gasteiger partial charge in [0.15, 0.2) is 0 Å². The molecule has 23 heavy (non-hydrogen) atoms. The van der Waals surface area contributed by atoms with Gasteiger partial charge in [-0.25, -0.2) is 0 Å². The predicted molar refractivity (Wildman–Crippen MR) is 84.0 cm³/mol. The highest BCUT2D eigenvalue weighted by Gasteiger charge is 2.30. The Morgan fingerprint density at radius 2 is 1.39 bits per heavy atom. The first-order chi connectivity index (χ1) is 10.8. The number of likely N-dealkylation sites (N-methyl/N-ethyl adjacent to an activating group) is 1. The summed E-state index contributed by atoms with van der Waals surface area (Å²) < 4.78 is 9.93. The van der Waals surface area contributed by atoms with Crippen molar-refractivity contribution < 1.29 is 29.0 Å². The Morgan fingerprint density at radius 3 is 1.70 bits per heavy atom. The van der Waals surface area contributed by atoms with Gasteiger partial charge < -0.3 is 19.9 Å². The maximum Gasteiger partial charge on any atom is 0.307 e. The Hall–Kier alpha value is -1.67. The number of hydrogen-bond acceptors (Lipinski definition) is 7. The van der Waals surface area contributed by atoms with E-state index in [1.54, 1.807) is 13.8 Å². The zero-order valence-electron chi connectivity index (χ0n) is 14.3.